The van der Waals surface area contributed by atoms with Crippen molar-refractivity contribution >= 4 is 27.8 Å². The second-order valence-electron chi connectivity index (χ2n) is 6.61. The second kappa shape index (κ2) is 6.59. The number of nitrogens with one attached hydrogen (secondary N) is 1. The number of aromatic nitrogens is 3. The Balaban J connectivity index is 1.85. The van der Waals surface area contributed by atoms with E-state index in [2.05, 4.69) is 31.6 Å². The molecular formula is C17H19BrN4O3. The number of aliphatic carboxylic acids is 1. The Bertz CT molecular complexity index is 833. The predicted molar refractivity (Wildman–Crippen MR) is 94.4 cm³/mol. The number of carboxylic acids is 1. The Kier molecular flexibility index (Phi) is 4.64. The van der Waals surface area contributed by atoms with E-state index in [1.165, 1.54) is 6.20 Å². The van der Waals surface area contributed by atoms with E-state index in [-0.39, 0.29) is 18.2 Å². The maximum atomic E-state index is 12.5. The number of hydrogen-bond donors (Lipinski definition) is 2. The summed E-state index contributed by atoms with van der Waals surface area (Å²) in [4.78, 5) is 24.5. The van der Waals surface area contributed by atoms with Gasteiger partial charge in [-0.15, -0.1) is 5.10 Å². The molecule has 8 heteroatoms. The molecule has 1 aliphatic rings. The number of carboxylic acid groups (broad SMARTS) is 1. The first kappa shape index (κ1) is 17.6. The molecular weight excluding hydrogens is 388 g/mol. The van der Waals surface area contributed by atoms with Gasteiger partial charge in [0, 0.05) is 16.9 Å². The molecule has 0 radical (unpaired) electrons. The van der Waals surface area contributed by atoms with Gasteiger partial charge in [-0.2, -0.15) is 0 Å². The minimum Gasteiger partial charge on any atom is -0.479 e. The highest BCUT2D eigenvalue weighted by Crippen LogP contribution is 2.31. The molecule has 132 valence electrons. The van der Waals surface area contributed by atoms with Gasteiger partial charge in [-0.1, -0.05) is 27.2 Å². The minimum absolute atomic E-state index is 0.0717. The standard InChI is InChI=1S/C17H19BrN4O3/c1-10(2)22-9-14(20-21-22)15(23)19-17(16(24)25)6-5-11-7-13(18)4-3-12(11)8-17/h3-4,7,9-10H,5-6,8H2,1-2H3,(H,19,23)(H,24,25). The molecule has 1 aromatic carbocycles. The molecule has 0 bridgehead atoms. The van der Waals surface area contributed by atoms with Crippen LogP contribution in [0.2, 0.25) is 0 Å². The second-order valence-corrected chi connectivity index (χ2v) is 7.52. The van der Waals surface area contributed by atoms with Crippen molar-refractivity contribution in [2.45, 2.75) is 44.7 Å². The summed E-state index contributed by atoms with van der Waals surface area (Å²) < 4.78 is 2.53. The summed E-state index contributed by atoms with van der Waals surface area (Å²) in [5, 5.41) is 20.2. The van der Waals surface area contributed by atoms with E-state index in [0.29, 0.717) is 12.8 Å². The van der Waals surface area contributed by atoms with Crippen molar-refractivity contribution < 1.29 is 14.7 Å². The first-order valence-electron chi connectivity index (χ1n) is 8.06. The van der Waals surface area contributed by atoms with Crippen LogP contribution >= 0.6 is 15.9 Å². The summed E-state index contributed by atoms with van der Waals surface area (Å²) in [6.45, 7) is 3.84. The van der Waals surface area contributed by atoms with Gasteiger partial charge >= 0.3 is 5.97 Å². The Labute approximate surface area is 153 Å². The van der Waals surface area contributed by atoms with Crippen LogP contribution in [0.25, 0.3) is 0 Å². The zero-order valence-electron chi connectivity index (χ0n) is 14.0. The van der Waals surface area contributed by atoms with Crippen molar-refractivity contribution in [3.8, 4) is 0 Å². The SMILES string of the molecule is CC(C)n1cc(C(=O)NC2(C(=O)O)CCc3cc(Br)ccc3C2)nn1. The molecule has 1 aliphatic carbocycles. The van der Waals surface area contributed by atoms with Crippen LogP contribution < -0.4 is 5.32 Å². The number of amides is 1. The molecule has 3 rings (SSSR count). The number of carbonyl (C=O) groups is 2. The molecule has 25 heavy (non-hydrogen) atoms. The van der Waals surface area contributed by atoms with Crippen LogP contribution in [0.5, 0.6) is 0 Å². The highest BCUT2D eigenvalue weighted by Gasteiger charge is 2.43. The van der Waals surface area contributed by atoms with Gasteiger partial charge in [0.15, 0.2) is 5.69 Å². The lowest BCUT2D eigenvalue weighted by atomic mass is 9.78. The van der Waals surface area contributed by atoms with Crippen LogP contribution in [0, 0.1) is 0 Å². The lowest BCUT2D eigenvalue weighted by molar-refractivity contribution is -0.145. The molecule has 0 saturated carbocycles. The van der Waals surface area contributed by atoms with Crippen molar-refractivity contribution in [1.29, 1.82) is 0 Å². The number of carbonyl (C=O) groups excluding carboxylic acids is 1. The molecule has 2 aromatic rings. The summed E-state index contributed by atoms with van der Waals surface area (Å²) in [5.41, 5.74) is 0.824. The molecule has 7 nitrogen and oxygen atoms in total. The number of halogens is 1. The zero-order valence-corrected chi connectivity index (χ0v) is 15.6. The average Bonchev–Trinajstić information content (AvgIpc) is 3.05. The number of hydrogen-bond acceptors (Lipinski definition) is 4. The van der Waals surface area contributed by atoms with Gasteiger partial charge in [0.1, 0.15) is 5.54 Å². The van der Waals surface area contributed by atoms with Gasteiger partial charge in [-0.3, -0.25) is 4.79 Å². The molecule has 1 aromatic heterocycles. The summed E-state index contributed by atoms with van der Waals surface area (Å²) in [6, 6.07) is 5.85. The Morgan fingerprint density at radius 2 is 2.12 bits per heavy atom. The molecule has 1 heterocycles. The third kappa shape index (κ3) is 3.44. The normalized spacial score (nSPS) is 19.5. The van der Waals surface area contributed by atoms with Gasteiger partial charge in [0.05, 0.1) is 6.20 Å². The van der Waals surface area contributed by atoms with E-state index in [0.717, 1.165) is 15.6 Å². The van der Waals surface area contributed by atoms with E-state index < -0.39 is 17.4 Å². The molecule has 1 unspecified atom stereocenters. The number of aryl methyl sites for hydroxylation is 1. The fraction of sp³-hybridized carbons (Fsp3) is 0.412. The number of benzene rings is 1. The largest absolute Gasteiger partial charge is 0.479 e. The monoisotopic (exact) mass is 406 g/mol. The van der Waals surface area contributed by atoms with Crippen molar-refractivity contribution in [2.24, 2.45) is 0 Å². The molecule has 0 aliphatic heterocycles. The summed E-state index contributed by atoms with van der Waals surface area (Å²) in [5.74, 6) is -1.56. The third-order valence-electron chi connectivity index (χ3n) is 4.52. The molecule has 1 amide bonds. The van der Waals surface area contributed by atoms with Crippen molar-refractivity contribution in [3.63, 3.8) is 0 Å². The van der Waals surface area contributed by atoms with Crippen LogP contribution in [0.4, 0.5) is 0 Å². The average molecular weight is 407 g/mol. The van der Waals surface area contributed by atoms with Crippen LogP contribution in [0.15, 0.2) is 28.9 Å². The van der Waals surface area contributed by atoms with Gasteiger partial charge in [-0.25, -0.2) is 9.48 Å². The fourth-order valence-electron chi connectivity index (χ4n) is 3.02. The zero-order chi connectivity index (χ0) is 18.2. The minimum atomic E-state index is -1.33. The molecule has 2 N–H and O–H groups in total. The highest BCUT2D eigenvalue weighted by molar-refractivity contribution is 9.10. The van der Waals surface area contributed by atoms with E-state index in [1.54, 1.807) is 4.68 Å². The first-order chi connectivity index (χ1) is 11.8. The lowest BCUT2D eigenvalue weighted by Crippen LogP contribution is -2.57. The van der Waals surface area contributed by atoms with Crippen LogP contribution in [-0.2, 0) is 17.6 Å². The number of fused-ring (bicyclic) bond motifs is 1. The van der Waals surface area contributed by atoms with Crippen molar-refractivity contribution in [1.82, 2.24) is 20.3 Å². The molecule has 0 fully saturated rings. The quantitative estimate of drug-likeness (QED) is 0.811. The summed E-state index contributed by atoms with van der Waals surface area (Å²) in [7, 11) is 0. The topological polar surface area (TPSA) is 97.1 Å². The number of nitrogens with zero attached hydrogens (tertiary/aromatic N) is 3. The number of rotatable bonds is 4. The van der Waals surface area contributed by atoms with Gasteiger partial charge in [0.25, 0.3) is 5.91 Å². The Hall–Kier alpha value is -2.22. The van der Waals surface area contributed by atoms with Gasteiger partial charge < -0.3 is 10.4 Å². The molecule has 0 saturated heterocycles. The van der Waals surface area contributed by atoms with Crippen LogP contribution in [0.1, 0.15) is 47.9 Å². The molecule has 0 spiro atoms. The van der Waals surface area contributed by atoms with Crippen LogP contribution in [-0.4, -0.2) is 37.5 Å². The Morgan fingerprint density at radius 3 is 2.76 bits per heavy atom. The lowest BCUT2D eigenvalue weighted by Gasteiger charge is -2.35. The summed E-state index contributed by atoms with van der Waals surface area (Å²) >= 11 is 3.43. The van der Waals surface area contributed by atoms with E-state index in [4.69, 9.17) is 0 Å². The molecule has 1 atom stereocenters. The van der Waals surface area contributed by atoms with E-state index in [9.17, 15) is 14.7 Å². The fourth-order valence-corrected chi connectivity index (χ4v) is 3.43. The van der Waals surface area contributed by atoms with Crippen LogP contribution in [0.3, 0.4) is 0 Å². The van der Waals surface area contributed by atoms with Crippen molar-refractivity contribution in [2.75, 3.05) is 0 Å². The van der Waals surface area contributed by atoms with Gasteiger partial charge in [0.2, 0.25) is 0 Å². The third-order valence-corrected chi connectivity index (χ3v) is 5.01. The van der Waals surface area contributed by atoms with Crippen molar-refractivity contribution in [3.05, 3.63) is 45.7 Å². The van der Waals surface area contributed by atoms with E-state index >= 15 is 0 Å². The van der Waals surface area contributed by atoms with Gasteiger partial charge in [-0.05, 0) is 49.9 Å². The smallest absolute Gasteiger partial charge is 0.329 e. The Morgan fingerprint density at radius 1 is 1.36 bits per heavy atom. The maximum Gasteiger partial charge on any atom is 0.329 e. The maximum absolute atomic E-state index is 12.5. The first-order valence-corrected chi connectivity index (χ1v) is 8.85. The summed E-state index contributed by atoms with van der Waals surface area (Å²) in [6.07, 6.45) is 2.69. The predicted octanol–water partition coefficient (Wildman–Crippen LogP) is 2.36. The highest BCUT2D eigenvalue weighted by atomic mass is 79.9. The van der Waals surface area contributed by atoms with E-state index in [1.807, 2.05) is 32.0 Å².